The van der Waals surface area contributed by atoms with E-state index in [1.165, 1.54) is 10.9 Å². The summed E-state index contributed by atoms with van der Waals surface area (Å²) in [6, 6.07) is 5.54. The monoisotopic (exact) mass is 231 g/mol. The van der Waals surface area contributed by atoms with Crippen molar-refractivity contribution < 1.29 is 4.79 Å². The van der Waals surface area contributed by atoms with E-state index < -0.39 is 5.91 Å². The van der Waals surface area contributed by atoms with Crippen molar-refractivity contribution in [2.75, 3.05) is 11.9 Å². The summed E-state index contributed by atoms with van der Waals surface area (Å²) in [6.07, 6.45) is 2.98. The SMILES string of the molecule is CCNc1cccc(-n2cc(C(N)=O)cn2)n1. The van der Waals surface area contributed by atoms with Crippen LogP contribution in [0.1, 0.15) is 17.3 Å². The van der Waals surface area contributed by atoms with Gasteiger partial charge in [0.25, 0.3) is 5.91 Å². The minimum Gasteiger partial charge on any atom is -0.370 e. The molecule has 0 bridgehead atoms. The first-order valence-corrected chi connectivity index (χ1v) is 5.26. The Bertz CT molecular complexity index is 534. The van der Waals surface area contributed by atoms with Crippen LogP contribution in [-0.2, 0) is 0 Å². The smallest absolute Gasteiger partial charge is 0.251 e. The van der Waals surface area contributed by atoms with E-state index in [2.05, 4.69) is 15.4 Å². The number of primary amides is 1. The van der Waals surface area contributed by atoms with Crippen LogP contribution in [0, 0.1) is 0 Å². The summed E-state index contributed by atoms with van der Waals surface area (Å²) in [6.45, 7) is 2.79. The van der Waals surface area contributed by atoms with Crippen molar-refractivity contribution in [3.63, 3.8) is 0 Å². The van der Waals surface area contributed by atoms with Gasteiger partial charge in [-0.3, -0.25) is 4.79 Å². The number of amides is 1. The van der Waals surface area contributed by atoms with Crippen molar-refractivity contribution in [1.29, 1.82) is 0 Å². The molecule has 0 aliphatic carbocycles. The van der Waals surface area contributed by atoms with Gasteiger partial charge in [0.2, 0.25) is 0 Å². The molecule has 0 saturated heterocycles. The van der Waals surface area contributed by atoms with E-state index in [-0.39, 0.29) is 0 Å². The second kappa shape index (κ2) is 4.65. The van der Waals surface area contributed by atoms with E-state index in [0.717, 1.165) is 12.4 Å². The average molecular weight is 231 g/mol. The first kappa shape index (κ1) is 11.1. The van der Waals surface area contributed by atoms with Crippen molar-refractivity contribution >= 4 is 11.7 Å². The maximum atomic E-state index is 11.0. The molecular weight excluding hydrogens is 218 g/mol. The first-order valence-electron chi connectivity index (χ1n) is 5.26. The molecule has 6 nitrogen and oxygen atoms in total. The zero-order valence-corrected chi connectivity index (χ0v) is 9.42. The Hall–Kier alpha value is -2.37. The molecule has 6 heteroatoms. The quantitative estimate of drug-likeness (QED) is 0.814. The predicted molar refractivity (Wildman–Crippen MR) is 64.0 cm³/mol. The zero-order valence-electron chi connectivity index (χ0n) is 9.42. The summed E-state index contributed by atoms with van der Waals surface area (Å²) >= 11 is 0. The van der Waals surface area contributed by atoms with Crippen LogP contribution < -0.4 is 11.1 Å². The van der Waals surface area contributed by atoms with E-state index in [0.29, 0.717) is 11.4 Å². The fourth-order valence-corrected chi connectivity index (χ4v) is 1.41. The summed E-state index contributed by atoms with van der Waals surface area (Å²) in [5.74, 6) is 0.899. The van der Waals surface area contributed by atoms with Crippen LogP contribution in [0.4, 0.5) is 5.82 Å². The third-order valence-electron chi connectivity index (χ3n) is 2.19. The number of carbonyl (C=O) groups excluding carboxylic acids is 1. The zero-order chi connectivity index (χ0) is 12.3. The molecule has 0 fully saturated rings. The van der Waals surface area contributed by atoms with Crippen LogP contribution in [-0.4, -0.2) is 27.2 Å². The Morgan fingerprint density at radius 3 is 3.00 bits per heavy atom. The van der Waals surface area contributed by atoms with Crippen LogP contribution in [0.5, 0.6) is 0 Å². The normalized spacial score (nSPS) is 10.2. The number of nitrogens with two attached hydrogens (primary N) is 1. The highest BCUT2D eigenvalue weighted by atomic mass is 16.1. The molecule has 0 spiro atoms. The van der Waals surface area contributed by atoms with Crippen LogP contribution in [0.15, 0.2) is 30.6 Å². The summed E-state index contributed by atoms with van der Waals surface area (Å²) in [5.41, 5.74) is 5.52. The van der Waals surface area contributed by atoms with Gasteiger partial charge in [-0.2, -0.15) is 5.10 Å². The van der Waals surface area contributed by atoms with Crippen LogP contribution >= 0.6 is 0 Å². The summed E-state index contributed by atoms with van der Waals surface area (Å²) in [4.78, 5) is 15.3. The summed E-state index contributed by atoms with van der Waals surface area (Å²) < 4.78 is 1.51. The second-order valence-electron chi connectivity index (χ2n) is 3.45. The van der Waals surface area contributed by atoms with Gasteiger partial charge in [0.15, 0.2) is 5.82 Å². The maximum absolute atomic E-state index is 11.0. The fourth-order valence-electron chi connectivity index (χ4n) is 1.41. The molecule has 2 aromatic heterocycles. The number of hydrogen-bond donors (Lipinski definition) is 2. The lowest BCUT2D eigenvalue weighted by Crippen LogP contribution is -2.09. The Kier molecular flexibility index (Phi) is 3.04. The highest BCUT2D eigenvalue weighted by molar-refractivity contribution is 5.92. The second-order valence-corrected chi connectivity index (χ2v) is 3.45. The maximum Gasteiger partial charge on any atom is 0.251 e. The van der Waals surface area contributed by atoms with Crippen molar-refractivity contribution in [2.24, 2.45) is 5.73 Å². The molecule has 2 rings (SSSR count). The van der Waals surface area contributed by atoms with Crippen LogP contribution in [0.25, 0.3) is 5.82 Å². The largest absolute Gasteiger partial charge is 0.370 e. The standard InChI is InChI=1S/C11H13N5O/c1-2-13-9-4-3-5-10(15-9)16-7-8(6-14-16)11(12)17/h3-7H,2H2,1H3,(H2,12,17)(H,13,15). The predicted octanol–water partition coefficient (Wildman–Crippen LogP) is 0.798. The van der Waals surface area contributed by atoms with E-state index in [1.807, 2.05) is 19.1 Å². The van der Waals surface area contributed by atoms with Crippen molar-refractivity contribution in [2.45, 2.75) is 6.92 Å². The number of hydrogen-bond acceptors (Lipinski definition) is 4. The van der Waals surface area contributed by atoms with E-state index in [4.69, 9.17) is 5.73 Å². The molecule has 0 radical (unpaired) electrons. The molecule has 17 heavy (non-hydrogen) atoms. The van der Waals surface area contributed by atoms with Crippen molar-refractivity contribution in [3.8, 4) is 5.82 Å². The van der Waals surface area contributed by atoms with E-state index in [1.54, 1.807) is 12.3 Å². The molecular formula is C11H13N5O. The molecule has 0 atom stereocenters. The number of nitrogens with zero attached hydrogens (tertiary/aromatic N) is 3. The van der Waals surface area contributed by atoms with Gasteiger partial charge in [-0.05, 0) is 19.1 Å². The third-order valence-corrected chi connectivity index (χ3v) is 2.19. The third kappa shape index (κ3) is 2.41. The van der Waals surface area contributed by atoms with Gasteiger partial charge in [0, 0.05) is 12.7 Å². The van der Waals surface area contributed by atoms with Gasteiger partial charge in [0.05, 0.1) is 11.8 Å². The molecule has 1 amide bonds. The lowest BCUT2D eigenvalue weighted by atomic mass is 10.3. The lowest BCUT2D eigenvalue weighted by Gasteiger charge is -2.04. The van der Waals surface area contributed by atoms with E-state index >= 15 is 0 Å². The Morgan fingerprint density at radius 2 is 2.35 bits per heavy atom. The molecule has 0 aliphatic heterocycles. The molecule has 3 N–H and O–H groups in total. The molecule has 0 aliphatic rings. The summed E-state index contributed by atoms with van der Waals surface area (Å²) in [7, 11) is 0. The molecule has 0 saturated carbocycles. The molecule has 0 unspecified atom stereocenters. The Labute approximate surface area is 98.5 Å². The van der Waals surface area contributed by atoms with Gasteiger partial charge in [-0.1, -0.05) is 6.07 Å². The van der Waals surface area contributed by atoms with Gasteiger partial charge in [-0.15, -0.1) is 0 Å². The van der Waals surface area contributed by atoms with Crippen LogP contribution in [0.3, 0.4) is 0 Å². The van der Waals surface area contributed by atoms with Gasteiger partial charge in [-0.25, -0.2) is 9.67 Å². The number of carbonyl (C=O) groups is 1. The number of anilines is 1. The minimum atomic E-state index is -0.501. The van der Waals surface area contributed by atoms with E-state index in [9.17, 15) is 4.79 Å². The molecule has 2 heterocycles. The number of aromatic nitrogens is 3. The topological polar surface area (TPSA) is 85.8 Å². The fraction of sp³-hybridized carbons (Fsp3) is 0.182. The Balaban J connectivity index is 2.31. The summed E-state index contributed by atoms with van der Waals surface area (Å²) in [5, 5.41) is 7.14. The number of rotatable bonds is 4. The van der Waals surface area contributed by atoms with Gasteiger partial charge < -0.3 is 11.1 Å². The molecule has 0 aromatic carbocycles. The van der Waals surface area contributed by atoms with Gasteiger partial charge in [0.1, 0.15) is 5.82 Å². The first-order chi connectivity index (χ1) is 8.20. The van der Waals surface area contributed by atoms with Crippen molar-refractivity contribution in [3.05, 3.63) is 36.2 Å². The number of pyridine rings is 1. The lowest BCUT2D eigenvalue weighted by molar-refractivity contribution is 0.100. The highest BCUT2D eigenvalue weighted by Gasteiger charge is 2.06. The highest BCUT2D eigenvalue weighted by Crippen LogP contribution is 2.09. The van der Waals surface area contributed by atoms with Crippen molar-refractivity contribution in [1.82, 2.24) is 14.8 Å². The van der Waals surface area contributed by atoms with Gasteiger partial charge >= 0.3 is 0 Å². The molecule has 88 valence electrons. The number of nitrogens with one attached hydrogen (secondary N) is 1. The average Bonchev–Trinajstić information content (AvgIpc) is 2.79. The molecule has 2 aromatic rings. The minimum absolute atomic E-state index is 0.362. The Morgan fingerprint density at radius 1 is 1.53 bits per heavy atom. The van der Waals surface area contributed by atoms with Crippen LogP contribution in [0.2, 0.25) is 0 Å².